The molecule has 1 fully saturated rings. The number of oxazole rings is 1. The van der Waals surface area contributed by atoms with Gasteiger partial charge in [-0.25, -0.2) is 15.0 Å². The first-order valence-electron chi connectivity index (χ1n) is 11.0. The zero-order valence-electron chi connectivity index (χ0n) is 18.7. The predicted molar refractivity (Wildman–Crippen MR) is 126 cm³/mol. The zero-order valence-corrected chi connectivity index (χ0v) is 18.7. The molecule has 12 nitrogen and oxygen atoms in total. The summed E-state index contributed by atoms with van der Waals surface area (Å²) in [5, 5.41) is 7.97. The second kappa shape index (κ2) is 7.99. The molecule has 1 aliphatic heterocycles. The highest BCUT2D eigenvalue weighted by Crippen LogP contribution is 2.32. The highest BCUT2D eigenvalue weighted by atomic mass is 16.5. The van der Waals surface area contributed by atoms with Crippen molar-refractivity contribution in [3.8, 4) is 11.4 Å². The molecule has 0 aromatic carbocycles. The van der Waals surface area contributed by atoms with Crippen LogP contribution in [0.1, 0.15) is 18.7 Å². The maximum absolute atomic E-state index is 13.3. The molecule has 1 atom stereocenters. The summed E-state index contributed by atoms with van der Waals surface area (Å²) in [7, 11) is 1.81. The summed E-state index contributed by atoms with van der Waals surface area (Å²) in [6, 6.07) is 1.72. The van der Waals surface area contributed by atoms with Gasteiger partial charge in [0, 0.05) is 32.4 Å². The van der Waals surface area contributed by atoms with Crippen molar-refractivity contribution in [3.63, 3.8) is 0 Å². The predicted octanol–water partition coefficient (Wildman–Crippen LogP) is 2.20. The molecule has 0 aliphatic carbocycles. The standard InChI is InChI=1S/C22H23N9O3/c1-12(16-10-34-11-24-16)25-20-18(22(32)28-15-9-30(2)29-19(15)20)21-26-13-7-17(23-8-14(13)27-21)31-3-5-33-6-4-31/h7-12,25H,3-6H2,1-2H3,(H,26,27)(H,28,32)/t12-/m0/s1. The minimum atomic E-state index is -0.282. The Labute approximate surface area is 193 Å². The summed E-state index contributed by atoms with van der Waals surface area (Å²) < 4.78 is 12.2. The molecule has 3 N–H and O–H groups in total. The minimum absolute atomic E-state index is 0.233. The molecule has 0 amide bonds. The fourth-order valence-corrected chi connectivity index (χ4v) is 4.26. The van der Waals surface area contributed by atoms with Crippen molar-refractivity contribution >= 4 is 33.6 Å². The summed E-state index contributed by atoms with van der Waals surface area (Å²) in [6.07, 6.45) is 6.43. The number of aryl methyl sites for hydroxylation is 1. The molecule has 34 heavy (non-hydrogen) atoms. The van der Waals surface area contributed by atoms with E-state index in [1.807, 2.05) is 20.0 Å². The minimum Gasteiger partial charge on any atom is -0.451 e. The molecule has 174 valence electrons. The van der Waals surface area contributed by atoms with Gasteiger partial charge in [-0.2, -0.15) is 5.10 Å². The van der Waals surface area contributed by atoms with Gasteiger partial charge in [0.05, 0.1) is 42.2 Å². The van der Waals surface area contributed by atoms with Gasteiger partial charge in [0.25, 0.3) is 5.56 Å². The fraction of sp³-hybridized carbons (Fsp3) is 0.318. The van der Waals surface area contributed by atoms with Gasteiger partial charge in [0.1, 0.15) is 40.2 Å². The van der Waals surface area contributed by atoms with E-state index in [1.54, 1.807) is 23.3 Å². The lowest BCUT2D eigenvalue weighted by molar-refractivity contribution is 0.122. The lowest BCUT2D eigenvalue weighted by atomic mass is 10.1. The average Bonchev–Trinajstić information content (AvgIpc) is 3.58. The highest BCUT2D eigenvalue weighted by molar-refractivity contribution is 5.96. The summed E-state index contributed by atoms with van der Waals surface area (Å²) in [5.74, 6) is 1.28. The van der Waals surface area contributed by atoms with Gasteiger partial charge in [-0.1, -0.05) is 0 Å². The molecule has 1 saturated heterocycles. The van der Waals surface area contributed by atoms with Crippen LogP contribution in [0, 0.1) is 0 Å². The number of rotatable bonds is 5. The van der Waals surface area contributed by atoms with Crippen LogP contribution < -0.4 is 15.8 Å². The molecule has 6 rings (SSSR count). The number of aromatic amines is 2. The van der Waals surface area contributed by atoms with Gasteiger partial charge < -0.3 is 29.3 Å². The first kappa shape index (κ1) is 20.4. The van der Waals surface area contributed by atoms with Crippen molar-refractivity contribution in [2.24, 2.45) is 7.05 Å². The number of fused-ring (bicyclic) bond motifs is 2. The lowest BCUT2D eigenvalue weighted by Crippen LogP contribution is -2.36. The quantitative estimate of drug-likeness (QED) is 0.359. The number of hydrogen-bond acceptors (Lipinski definition) is 9. The smallest absolute Gasteiger partial charge is 0.261 e. The maximum Gasteiger partial charge on any atom is 0.261 e. The van der Waals surface area contributed by atoms with Crippen molar-refractivity contribution in [3.05, 3.63) is 47.2 Å². The van der Waals surface area contributed by atoms with Crippen LogP contribution in [0.25, 0.3) is 33.5 Å². The Morgan fingerprint density at radius 2 is 2.03 bits per heavy atom. The molecule has 12 heteroatoms. The Kier molecular flexibility index (Phi) is 4.80. The largest absolute Gasteiger partial charge is 0.451 e. The van der Waals surface area contributed by atoms with E-state index in [4.69, 9.17) is 9.15 Å². The molecule has 1 aliphatic rings. The van der Waals surface area contributed by atoms with E-state index in [-0.39, 0.29) is 11.6 Å². The number of imidazole rings is 1. The van der Waals surface area contributed by atoms with E-state index in [0.29, 0.717) is 52.5 Å². The Morgan fingerprint density at radius 1 is 1.18 bits per heavy atom. The van der Waals surface area contributed by atoms with Crippen LogP contribution in [0.15, 0.2) is 40.3 Å². The monoisotopic (exact) mass is 461 g/mol. The number of ether oxygens (including phenoxy) is 1. The first-order chi connectivity index (χ1) is 16.6. The fourth-order valence-electron chi connectivity index (χ4n) is 4.26. The maximum atomic E-state index is 13.3. The number of nitrogens with zero attached hydrogens (tertiary/aromatic N) is 6. The number of H-pyrrole nitrogens is 2. The third-order valence-electron chi connectivity index (χ3n) is 5.97. The Bertz CT molecular complexity index is 1530. The Balaban J connectivity index is 1.48. The highest BCUT2D eigenvalue weighted by Gasteiger charge is 2.23. The van der Waals surface area contributed by atoms with Crippen molar-refractivity contribution in [2.45, 2.75) is 13.0 Å². The van der Waals surface area contributed by atoms with E-state index in [2.05, 4.69) is 40.2 Å². The van der Waals surface area contributed by atoms with Crippen LogP contribution in [-0.4, -0.2) is 61.0 Å². The summed E-state index contributed by atoms with van der Waals surface area (Å²) >= 11 is 0. The lowest BCUT2D eigenvalue weighted by Gasteiger charge is -2.27. The number of pyridine rings is 2. The first-order valence-corrected chi connectivity index (χ1v) is 11.0. The van der Waals surface area contributed by atoms with E-state index in [9.17, 15) is 4.79 Å². The van der Waals surface area contributed by atoms with Crippen molar-refractivity contribution in [2.75, 3.05) is 36.5 Å². The molecule has 0 radical (unpaired) electrons. The average molecular weight is 461 g/mol. The van der Waals surface area contributed by atoms with Gasteiger partial charge >= 0.3 is 0 Å². The van der Waals surface area contributed by atoms with Gasteiger partial charge in [0.15, 0.2) is 6.39 Å². The number of hydrogen-bond donors (Lipinski definition) is 3. The Morgan fingerprint density at radius 3 is 2.82 bits per heavy atom. The van der Waals surface area contributed by atoms with Crippen LogP contribution in [0.5, 0.6) is 0 Å². The Hall–Kier alpha value is -4.19. The normalized spacial score (nSPS) is 15.3. The second-order valence-corrected chi connectivity index (χ2v) is 8.29. The summed E-state index contributed by atoms with van der Waals surface area (Å²) in [5.41, 5.74) is 4.07. The molecular formula is C22H23N9O3. The summed E-state index contributed by atoms with van der Waals surface area (Å²) in [4.78, 5) is 35.1. The van der Waals surface area contributed by atoms with Crippen LogP contribution in [0.3, 0.4) is 0 Å². The second-order valence-electron chi connectivity index (χ2n) is 8.29. The van der Waals surface area contributed by atoms with Crippen LogP contribution >= 0.6 is 0 Å². The SMILES string of the molecule is C[C@H](Nc1c(-c2nc3cnc(N4CCOCC4)cc3[nH]2)c(=O)[nH]c2cn(C)nc12)c1cocn1. The molecule has 0 spiro atoms. The van der Waals surface area contributed by atoms with E-state index < -0.39 is 0 Å². The van der Waals surface area contributed by atoms with Gasteiger partial charge in [0.2, 0.25) is 0 Å². The van der Waals surface area contributed by atoms with Crippen LogP contribution in [0.4, 0.5) is 11.5 Å². The number of nitrogens with one attached hydrogen (secondary N) is 3. The van der Waals surface area contributed by atoms with E-state index >= 15 is 0 Å². The number of anilines is 2. The third kappa shape index (κ3) is 3.48. The van der Waals surface area contributed by atoms with Gasteiger partial charge in [-0.15, -0.1) is 0 Å². The molecule has 0 unspecified atom stereocenters. The van der Waals surface area contributed by atoms with Crippen molar-refractivity contribution < 1.29 is 9.15 Å². The van der Waals surface area contributed by atoms with Gasteiger partial charge in [-0.05, 0) is 6.92 Å². The van der Waals surface area contributed by atoms with E-state index in [0.717, 1.165) is 24.4 Å². The van der Waals surface area contributed by atoms with Crippen LogP contribution in [-0.2, 0) is 11.8 Å². The van der Waals surface area contributed by atoms with Crippen molar-refractivity contribution in [1.82, 2.24) is 34.7 Å². The van der Waals surface area contributed by atoms with Crippen LogP contribution in [0.2, 0.25) is 0 Å². The zero-order chi connectivity index (χ0) is 23.2. The molecule has 0 saturated carbocycles. The summed E-state index contributed by atoms with van der Waals surface area (Å²) in [6.45, 7) is 4.85. The molecule has 0 bridgehead atoms. The third-order valence-corrected chi connectivity index (χ3v) is 5.97. The van der Waals surface area contributed by atoms with Crippen molar-refractivity contribution in [1.29, 1.82) is 0 Å². The number of morpholine rings is 1. The van der Waals surface area contributed by atoms with E-state index in [1.165, 1.54) is 6.39 Å². The molecule has 5 aromatic heterocycles. The molecule has 6 heterocycles. The topological polar surface area (TPSA) is 143 Å². The molecule has 5 aromatic rings. The molecular weight excluding hydrogens is 438 g/mol. The number of aromatic nitrogens is 7. The van der Waals surface area contributed by atoms with Gasteiger partial charge in [-0.3, -0.25) is 9.48 Å².